The summed E-state index contributed by atoms with van der Waals surface area (Å²) in [5.74, 6) is 1.65. The second kappa shape index (κ2) is 7.41. The minimum atomic E-state index is -0.230. The van der Waals surface area contributed by atoms with Gasteiger partial charge in [0.25, 0.3) is 0 Å². The van der Waals surface area contributed by atoms with Gasteiger partial charge in [-0.2, -0.15) is 5.26 Å². The zero-order valence-corrected chi connectivity index (χ0v) is 16.7. The highest BCUT2D eigenvalue weighted by Gasteiger charge is 2.32. The second-order valence-corrected chi connectivity index (χ2v) is 8.05. The first-order valence-electron chi connectivity index (χ1n) is 9.21. The number of aromatic hydroxyl groups is 1. The third-order valence-corrected chi connectivity index (χ3v) is 5.51. The van der Waals surface area contributed by atoms with Crippen LogP contribution in [0.25, 0.3) is 0 Å². The quantitative estimate of drug-likeness (QED) is 0.652. The normalized spacial score (nSPS) is 11.9. The summed E-state index contributed by atoms with van der Waals surface area (Å²) in [6.07, 6.45) is 1.83. The molecule has 0 spiro atoms. The van der Waals surface area contributed by atoms with Gasteiger partial charge in [0.2, 0.25) is 0 Å². The van der Waals surface area contributed by atoms with Gasteiger partial charge in [0, 0.05) is 11.1 Å². The van der Waals surface area contributed by atoms with Crippen LogP contribution in [0.2, 0.25) is 0 Å². The molecule has 0 aliphatic heterocycles. The highest BCUT2D eigenvalue weighted by atomic mass is 16.5. The zero-order valence-electron chi connectivity index (χ0n) is 16.7. The fourth-order valence-corrected chi connectivity index (χ4v) is 2.95. The van der Waals surface area contributed by atoms with Crippen LogP contribution in [0.4, 0.5) is 0 Å². The number of nitrogens with zero attached hydrogens (tertiary/aromatic N) is 1. The predicted molar refractivity (Wildman–Crippen MR) is 106 cm³/mol. The maximum Gasteiger partial charge on any atom is 0.138 e. The van der Waals surface area contributed by atoms with E-state index in [9.17, 15) is 5.11 Å². The molecule has 0 atom stereocenters. The van der Waals surface area contributed by atoms with Gasteiger partial charge in [0.15, 0.2) is 0 Å². The van der Waals surface area contributed by atoms with E-state index >= 15 is 0 Å². The molecule has 3 nitrogen and oxygen atoms in total. The molecule has 0 heterocycles. The topological polar surface area (TPSA) is 53.2 Å². The fraction of sp³-hybridized carbons (Fsp3) is 0.435. The number of rotatable bonds is 6. The lowest BCUT2D eigenvalue weighted by atomic mass is 9.75. The Morgan fingerprint density at radius 1 is 0.923 bits per heavy atom. The van der Waals surface area contributed by atoms with Crippen molar-refractivity contribution < 1.29 is 9.84 Å². The van der Waals surface area contributed by atoms with Crippen molar-refractivity contribution in [3.8, 4) is 23.3 Å². The van der Waals surface area contributed by atoms with Crippen molar-refractivity contribution in [3.05, 3.63) is 53.1 Å². The van der Waals surface area contributed by atoms with Gasteiger partial charge in [-0.15, -0.1) is 0 Å². The van der Waals surface area contributed by atoms with Crippen molar-refractivity contribution in [1.29, 1.82) is 5.26 Å². The van der Waals surface area contributed by atoms with Crippen molar-refractivity contribution in [2.24, 2.45) is 0 Å². The first-order valence-corrected chi connectivity index (χ1v) is 9.21. The van der Waals surface area contributed by atoms with Crippen LogP contribution < -0.4 is 4.74 Å². The van der Waals surface area contributed by atoms with Gasteiger partial charge >= 0.3 is 0 Å². The Morgan fingerprint density at radius 2 is 1.50 bits per heavy atom. The third kappa shape index (κ3) is 3.85. The number of phenolic OH excluding ortho intramolecular Hbond substituents is 1. The Labute approximate surface area is 157 Å². The third-order valence-electron chi connectivity index (χ3n) is 5.51. The molecule has 0 saturated heterocycles. The number of benzene rings is 2. The van der Waals surface area contributed by atoms with E-state index in [0.29, 0.717) is 11.3 Å². The van der Waals surface area contributed by atoms with Gasteiger partial charge < -0.3 is 9.84 Å². The monoisotopic (exact) mass is 351 g/mol. The molecule has 0 aliphatic rings. The largest absolute Gasteiger partial charge is 0.508 e. The van der Waals surface area contributed by atoms with Gasteiger partial charge in [0.05, 0.1) is 11.6 Å². The predicted octanol–water partition coefficient (Wildman–Crippen LogP) is 6.43. The molecule has 0 unspecified atom stereocenters. The molecule has 0 saturated carbocycles. The lowest BCUT2D eigenvalue weighted by Crippen LogP contribution is -2.22. The Hall–Kier alpha value is -2.47. The van der Waals surface area contributed by atoms with Crippen molar-refractivity contribution in [1.82, 2.24) is 0 Å². The Balaban J connectivity index is 2.69. The molecule has 0 amide bonds. The molecule has 0 fully saturated rings. The standard InChI is InChI=1S/C23H29NO2/c1-7-22(3,4)18-13-14-19(25)20(23(5,6)8-2)21(18)26-17-11-9-16(15-24)10-12-17/h9-14,25H,7-8H2,1-6H3. The smallest absolute Gasteiger partial charge is 0.138 e. The van der Waals surface area contributed by atoms with Crippen LogP contribution in [0.15, 0.2) is 36.4 Å². The van der Waals surface area contributed by atoms with Crippen LogP contribution in [0.5, 0.6) is 17.2 Å². The fourth-order valence-electron chi connectivity index (χ4n) is 2.95. The molecule has 2 aromatic carbocycles. The molecule has 0 aliphatic carbocycles. The zero-order chi connectivity index (χ0) is 19.5. The van der Waals surface area contributed by atoms with E-state index in [1.54, 1.807) is 30.3 Å². The minimum absolute atomic E-state index is 0.0891. The van der Waals surface area contributed by atoms with Gasteiger partial charge in [-0.1, -0.05) is 47.6 Å². The lowest BCUT2D eigenvalue weighted by Gasteiger charge is -2.33. The highest BCUT2D eigenvalue weighted by molar-refractivity contribution is 5.57. The molecule has 1 N–H and O–H groups in total. The highest BCUT2D eigenvalue weighted by Crippen LogP contribution is 2.47. The average molecular weight is 351 g/mol. The molecule has 2 rings (SSSR count). The lowest BCUT2D eigenvalue weighted by molar-refractivity contribution is 0.383. The number of phenols is 1. The Kier molecular flexibility index (Phi) is 5.66. The maximum atomic E-state index is 10.7. The second-order valence-electron chi connectivity index (χ2n) is 8.05. The van der Waals surface area contributed by atoms with Crippen LogP contribution in [-0.4, -0.2) is 5.11 Å². The molecule has 2 aromatic rings. The van der Waals surface area contributed by atoms with Crippen LogP contribution in [-0.2, 0) is 10.8 Å². The van der Waals surface area contributed by atoms with E-state index in [-0.39, 0.29) is 16.6 Å². The van der Waals surface area contributed by atoms with E-state index < -0.39 is 0 Å². The van der Waals surface area contributed by atoms with E-state index in [1.165, 1.54) is 0 Å². The number of ether oxygens (including phenoxy) is 1. The molecule has 26 heavy (non-hydrogen) atoms. The molecule has 0 radical (unpaired) electrons. The summed E-state index contributed by atoms with van der Waals surface area (Å²) in [7, 11) is 0. The summed E-state index contributed by atoms with van der Waals surface area (Å²) < 4.78 is 6.33. The summed E-state index contributed by atoms with van der Waals surface area (Å²) in [4.78, 5) is 0. The average Bonchev–Trinajstić information content (AvgIpc) is 2.62. The Bertz CT molecular complexity index is 811. The Morgan fingerprint density at radius 3 is 2.00 bits per heavy atom. The number of nitriles is 1. The van der Waals surface area contributed by atoms with Crippen molar-refractivity contribution in [2.45, 2.75) is 65.2 Å². The van der Waals surface area contributed by atoms with Crippen LogP contribution >= 0.6 is 0 Å². The minimum Gasteiger partial charge on any atom is -0.508 e. The molecule has 3 heteroatoms. The summed E-state index contributed by atoms with van der Waals surface area (Å²) >= 11 is 0. The number of hydrogen-bond acceptors (Lipinski definition) is 3. The van der Waals surface area contributed by atoms with E-state index in [0.717, 1.165) is 29.7 Å². The first kappa shape index (κ1) is 19.8. The molecule has 0 bridgehead atoms. The summed E-state index contributed by atoms with van der Waals surface area (Å²) in [6, 6.07) is 13.0. The summed E-state index contributed by atoms with van der Waals surface area (Å²) in [5, 5.41) is 19.7. The van der Waals surface area contributed by atoms with Crippen molar-refractivity contribution >= 4 is 0 Å². The summed E-state index contributed by atoms with van der Waals surface area (Å²) in [5.41, 5.74) is 2.19. The van der Waals surface area contributed by atoms with Gasteiger partial charge in [0.1, 0.15) is 17.2 Å². The van der Waals surface area contributed by atoms with E-state index in [4.69, 9.17) is 10.00 Å². The van der Waals surface area contributed by atoms with Crippen molar-refractivity contribution in [3.63, 3.8) is 0 Å². The van der Waals surface area contributed by atoms with Gasteiger partial charge in [-0.05, 0) is 54.0 Å². The van der Waals surface area contributed by atoms with E-state index in [2.05, 4.69) is 47.6 Å². The first-order chi connectivity index (χ1) is 12.2. The van der Waals surface area contributed by atoms with Gasteiger partial charge in [-0.25, -0.2) is 0 Å². The molecular weight excluding hydrogens is 322 g/mol. The van der Waals surface area contributed by atoms with Crippen LogP contribution in [0, 0.1) is 11.3 Å². The molecular formula is C23H29NO2. The SMILES string of the molecule is CCC(C)(C)c1ccc(O)c(C(C)(C)CC)c1Oc1ccc(C#N)cc1. The van der Waals surface area contributed by atoms with E-state index in [1.807, 2.05) is 6.07 Å². The van der Waals surface area contributed by atoms with Crippen LogP contribution in [0.3, 0.4) is 0 Å². The summed E-state index contributed by atoms with van der Waals surface area (Å²) in [6.45, 7) is 12.9. The maximum absolute atomic E-state index is 10.7. The van der Waals surface area contributed by atoms with Crippen LogP contribution in [0.1, 0.15) is 71.1 Å². The molecule has 0 aromatic heterocycles. The van der Waals surface area contributed by atoms with Crippen molar-refractivity contribution in [2.75, 3.05) is 0 Å². The van der Waals surface area contributed by atoms with Gasteiger partial charge in [-0.3, -0.25) is 0 Å². The number of hydrogen-bond donors (Lipinski definition) is 1. The molecule has 138 valence electrons.